The van der Waals surface area contributed by atoms with Crippen molar-refractivity contribution in [3.05, 3.63) is 67.1 Å². The summed E-state index contributed by atoms with van der Waals surface area (Å²) < 4.78 is 2.36. The molecule has 112 valence electrons. The normalized spacial score (nSPS) is 12.5. The van der Waals surface area contributed by atoms with E-state index in [0.717, 1.165) is 6.54 Å². The van der Waals surface area contributed by atoms with Gasteiger partial charge in [0.15, 0.2) is 0 Å². The molecule has 3 heteroatoms. The molecular formula is C18H21Br2N. The number of aryl methyl sites for hydroxylation is 3. The van der Waals surface area contributed by atoms with Crippen molar-refractivity contribution in [2.75, 3.05) is 6.54 Å². The van der Waals surface area contributed by atoms with Gasteiger partial charge in [0.25, 0.3) is 0 Å². The van der Waals surface area contributed by atoms with Crippen LogP contribution in [0.15, 0.2) is 39.3 Å². The number of hydrogen-bond acceptors (Lipinski definition) is 1. The molecular weight excluding hydrogens is 390 g/mol. The number of nitrogens with one attached hydrogen (secondary N) is 1. The molecule has 2 aromatic rings. The second-order valence-corrected chi connectivity index (χ2v) is 7.07. The van der Waals surface area contributed by atoms with Crippen molar-refractivity contribution >= 4 is 31.9 Å². The van der Waals surface area contributed by atoms with E-state index in [0.29, 0.717) is 0 Å². The van der Waals surface area contributed by atoms with Gasteiger partial charge in [-0.05, 0) is 61.2 Å². The first-order valence-corrected chi connectivity index (χ1v) is 8.79. The number of benzene rings is 2. The molecule has 0 aliphatic rings. The van der Waals surface area contributed by atoms with Gasteiger partial charge in [0.2, 0.25) is 0 Å². The molecule has 0 amide bonds. The fourth-order valence-electron chi connectivity index (χ4n) is 2.60. The Kier molecular flexibility index (Phi) is 5.64. The van der Waals surface area contributed by atoms with E-state index in [2.05, 4.69) is 95.2 Å². The highest BCUT2D eigenvalue weighted by Crippen LogP contribution is 2.34. The van der Waals surface area contributed by atoms with E-state index in [9.17, 15) is 0 Å². The van der Waals surface area contributed by atoms with Gasteiger partial charge in [-0.2, -0.15) is 0 Å². The molecule has 0 aliphatic heterocycles. The topological polar surface area (TPSA) is 12.0 Å². The van der Waals surface area contributed by atoms with E-state index >= 15 is 0 Å². The Bertz CT molecular complexity index is 650. The lowest BCUT2D eigenvalue weighted by atomic mass is 9.92. The summed E-state index contributed by atoms with van der Waals surface area (Å²) in [7, 11) is 0. The Morgan fingerprint density at radius 1 is 0.952 bits per heavy atom. The third-order valence-electron chi connectivity index (χ3n) is 3.80. The molecule has 0 heterocycles. The smallest absolute Gasteiger partial charge is 0.0590 e. The molecule has 1 atom stereocenters. The van der Waals surface area contributed by atoms with Crippen LogP contribution in [0, 0.1) is 20.8 Å². The second kappa shape index (κ2) is 7.08. The van der Waals surface area contributed by atoms with E-state index < -0.39 is 0 Å². The molecule has 1 unspecified atom stereocenters. The Hall–Kier alpha value is -0.640. The number of rotatable bonds is 4. The van der Waals surface area contributed by atoms with Crippen LogP contribution >= 0.6 is 31.9 Å². The lowest BCUT2D eigenvalue weighted by Gasteiger charge is -2.23. The fourth-order valence-corrected chi connectivity index (χ4v) is 3.55. The van der Waals surface area contributed by atoms with Crippen LogP contribution in [0.2, 0.25) is 0 Å². The highest BCUT2D eigenvalue weighted by Gasteiger charge is 2.19. The van der Waals surface area contributed by atoms with Crippen LogP contribution < -0.4 is 5.32 Å². The SMILES string of the molecule is CCNC(c1cc(C)c(Br)cc1C)c1cccc(C)c1Br. The average molecular weight is 411 g/mol. The summed E-state index contributed by atoms with van der Waals surface area (Å²) in [6.07, 6.45) is 0. The lowest BCUT2D eigenvalue weighted by Crippen LogP contribution is -2.23. The zero-order chi connectivity index (χ0) is 15.6. The predicted molar refractivity (Wildman–Crippen MR) is 98.0 cm³/mol. The number of hydrogen-bond donors (Lipinski definition) is 1. The van der Waals surface area contributed by atoms with Gasteiger partial charge in [-0.1, -0.05) is 63.0 Å². The third-order valence-corrected chi connectivity index (χ3v) is 5.74. The van der Waals surface area contributed by atoms with Crippen molar-refractivity contribution in [2.24, 2.45) is 0 Å². The van der Waals surface area contributed by atoms with Crippen LogP contribution in [0.4, 0.5) is 0 Å². The zero-order valence-electron chi connectivity index (χ0n) is 12.9. The minimum atomic E-state index is 0.205. The maximum absolute atomic E-state index is 3.76. The summed E-state index contributed by atoms with van der Waals surface area (Å²) in [4.78, 5) is 0. The molecule has 0 saturated carbocycles. The molecule has 1 nitrogen and oxygen atoms in total. The van der Waals surface area contributed by atoms with Crippen molar-refractivity contribution in [1.82, 2.24) is 5.32 Å². The van der Waals surface area contributed by atoms with Crippen molar-refractivity contribution in [3.63, 3.8) is 0 Å². The molecule has 0 fully saturated rings. The first-order valence-electron chi connectivity index (χ1n) is 7.20. The minimum Gasteiger partial charge on any atom is -0.306 e. The molecule has 0 bridgehead atoms. The summed E-state index contributed by atoms with van der Waals surface area (Å²) in [5.41, 5.74) is 6.46. The summed E-state index contributed by atoms with van der Waals surface area (Å²) in [5, 5.41) is 3.63. The molecule has 21 heavy (non-hydrogen) atoms. The van der Waals surface area contributed by atoms with E-state index in [1.807, 2.05) is 0 Å². The van der Waals surface area contributed by atoms with Gasteiger partial charge in [-0.25, -0.2) is 0 Å². The van der Waals surface area contributed by atoms with E-state index in [1.165, 1.54) is 36.8 Å². The van der Waals surface area contributed by atoms with E-state index in [1.54, 1.807) is 0 Å². The van der Waals surface area contributed by atoms with Crippen LogP contribution in [-0.2, 0) is 0 Å². The maximum Gasteiger partial charge on any atom is 0.0590 e. The Morgan fingerprint density at radius 3 is 2.33 bits per heavy atom. The van der Waals surface area contributed by atoms with E-state index in [4.69, 9.17) is 0 Å². The summed E-state index contributed by atoms with van der Waals surface area (Å²) >= 11 is 7.38. The quantitative estimate of drug-likeness (QED) is 0.667. The Morgan fingerprint density at radius 2 is 1.67 bits per heavy atom. The molecule has 0 radical (unpaired) electrons. The van der Waals surface area contributed by atoms with Gasteiger partial charge >= 0.3 is 0 Å². The van der Waals surface area contributed by atoms with Gasteiger partial charge in [0.1, 0.15) is 0 Å². The second-order valence-electron chi connectivity index (χ2n) is 5.43. The predicted octanol–water partition coefficient (Wildman–Crippen LogP) is 5.84. The standard InChI is InChI=1S/C18H21Br2N/c1-5-21-18(14-8-6-7-11(2)17(14)20)15-9-13(4)16(19)10-12(15)3/h6-10,18,21H,5H2,1-4H3. The van der Waals surface area contributed by atoms with Gasteiger partial charge in [0.05, 0.1) is 6.04 Å². The molecule has 0 spiro atoms. The van der Waals surface area contributed by atoms with E-state index in [-0.39, 0.29) is 6.04 Å². The van der Waals surface area contributed by atoms with Crippen LogP contribution in [0.25, 0.3) is 0 Å². The molecule has 1 N–H and O–H groups in total. The van der Waals surface area contributed by atoms with Crippen LogP contribution in [0.5, 0.6) is 0 Å². The largest absolute Gasteiger partial charge is 0.306 e. The number of halogens is 2. The minimum absolute atomic E-state index is 0.205. The first kappa shape index (κ1) is 16.7. The van der Waals surface area contributed by atoms with Gasteiger partial charge < -0.3 is 5.32 Å². The molecule has 2 aromatic carbocycles. The maximum atomic E-state index is 3.76. The molecule has 2 rings (SSSR count). The van der Waals surface area contributed by atoms with Crippen LogP contribution in [-0.4, -0.2) is 6.54 Å². The van der Waals surface area contributed by atoms with Crippen molar-refractivity contribution < 1.29 is 0 Å². The van der Waals surface area contributed by atoms with Crippen molar-refractivity contribution in [3.8, 4) is 0 Å². The van der Waals surface area contributed by atoms with Crippen LogP contribution in [0.1, 0.15) is 40.8 Å². The zero-order valence-corrected chi connectivity index (χ0v) is 16.1. The summed E-state index contributed by atoms with van der Waals surface area (Å²) in [5.74, 6) is 0. The Balaban J connectivity index is 2.59. The summed E-state index contributed by atoms with van der Waals surface area (Å²) in [6, 6.07) is 11.1. The fraction of sp³-hybridized carbons (Fsp3) is 0.333. The van der Waals surface area contributed by atoms with Gasteiger partial charge in [-0.15, -0.1) is 0 Å². The first-order chi connectivity index (χ1) is 9.95. The van der Waals surface area contributed by atoms with Crippen molar-refractivity contribution in [1.29, 1.82) is 0 Å². The summed E-state index contributed by atoms with van der Waals surface area (Å²) in [6.45, 7) is 9.53. The van der Waals surface area contributed by atoms with Crippen molar-refractivity contribution in [2.45, 2.75) is 33.7 Å². The van der Waals surface area contributed by atoms with Gasteiger partial charge in [-0.3, -0.25) is 0 Å². The molecule has 0 aliphatic carbocycles. The lowest BCUT2D eigenvalue weighted by molar-refractivity contribution is 0.624. The Labute approximate surface area is 144 Å². The molecule has 0 aromatic heterocycles. The van der Waals surface area contributed by atoms with Crippen LogP contribution in [0.3, 0.4) is 0 Å². The average Bonchev–Trinajstić information content (AvgIpc) is 2.44. The van der Waals surface area contributed by atoms with Gasteiger partial charge in [0, 0.05) is 8.95 Å². The monoisotopic (exact) mass is 409 g/mol. The highest BCUT2D eigenvalue weighted by atomic mass is 79.9. The third kappa shape index (κ3) is 3.58. The highest BCUT2D eigenvalue weighted by molar-refractivity contribution is 9.10. The molecule has 0 saturated heterocycles.